The lowest BCUT2D eigenvalue weighted by molar-refractivity contribution is -0.141. The molecule has 122 valence electrons. The molecule has 1 aromatic carbocycles. The molecule has 1 unspecified atom stereocenters. The number of fused-ring (bicyclic) bond motifs is 1. The molecule has 1 fully saturated rings. The molecule has 1 atom stereocenters. The van der Waals surface area contributed by atoms with E-state index >= 15 is 0 Å². The van der Waals surface area contributed by atoms with Gasteiger partial charge in [-0.2, -0.15) is 0 Å². The van der Waals surface area contributed by atoms with E-state index in [1.54, 1.807) is 7.11 Å². The van der Waals surface area contributed by atoms with E-state index in [0.717, 1.165) is 5.39 Å². The average molecular weight is 318 g/mol. The number of methoxy groups -OCH3 is 1. The van der Waals surface area contributed by atoms with Crippen LogP contribution in [0.4, 0.5) is 4.79 Å². The van der Waals surface area contributed by atoms with Gasteiger partial charge in [-0.25, -0.2) is 4.79 Å². The van der Waals surface area contributed by atoms with Crippen molar-refractivity contribution in [3.05, 3.63) is 30.0 Å². The number of aliphatic carboxylic acids is 1. The van der Waals surface area contributed by atoms with Gasteiger partial charge in [0.1, 0.15) is 5.58 Å². The summed E-state index contributed by atoms with van der Waals surface area (Å²) in [4.78, 5) is 24.6. The van der Waals surface area contributed by atoms with Crippen molar-refractivity contribution in [1.29, 1.82) is 0 Å². The largest absolute Gasteiger partial charge is 0.492 e. The number of nitrogens with zero attached hydrogens (tertiary/aromatic N) is 1. The van der Waals surface area contributed by atoms with Gasteiger partial charge in [0.2, 0.25) is 0 Å². The van der Waals surface area contributed by atoms with Crippen LogP contribution in [-0.2, 0) is 11.3 Å². The molecular formula is C16H18N2O5. The first kappa shape index (κ1) is 15.2. The molecule has 1 aliphatic rings. The Hall–Kier alpha value is -2.70. The quantitative estimate of drug-likeness (QED) is 0.900. The maximum atomic E-state index is 12.1. The number of carbonyl (C=O) groups excluding carboxylic acids is 1. The smallest absolute Gasteiger partial charge is 0.317 e. The number of carboxylic acids is 1. The number of nitrogens with one attached hydrogen (secondary N) is 1. The molecule has 2 amide bonds. The van der Waals surface area contributed by atoms with Crippen LogP contribution in [0.25, 0.3) is 11.0 Å². The van der Waals surface area contributed by atoms with Gasteiger partial charge in [0.05, 0.1) is 25.0 Å². The molecule has 0 bridgehead atoms. The van der Waals surface area contributed by atoms with Crippen LogP contribution in [0.3, 0.4) is 0 Å². The fraction of sp³-hybridized carbons (Fsp3) is 0.375. The third-order valence-electron chi connectivity index (χ3n) is 4.05. The fourth-order valence-corrected chi connectivity index (χ4v) is 2.83. The second-order valence-electron chi connectivity index (χ2n) is 5.48. The molecule has 0 spiro atoms. The summed E-state index contributed by atoms with van der Waals surface area (Å²) in [6, 6.07) is 7.18. The third kappa shape index (κ3) is 2.94. The first-order chi connectivity index (χ1) is 11.1. The fourth-order valence-electron chi connectivity index (χ4n) is 2.83. The summed E-state index contributed by atoms with van der Waals surface area (Å²) >= 11 is 0. The number of likely N-dealkylation sites (tertiary alicyclic amines) is 1. The van der Waals surface area contributed by atoms with E-state index in [4.69, 9.17) is 14.3 Å². The van der Waals surface area contributed by atoms with E-state index in [0.29, 0.717) is 30.1 Å². The number of furan rings is 1. The van der Waals surface area contributed by atoms with E-state index in [2.05, 4.69) is 5.32 Å². The Morgan fingerprint density at radius 3 is 2.91 bits per heavy atom. The van der Waals surface area contributed by atoms with Gasteiger partial charge in [-0.1, -0.05) is 12.1 Å². The van der Waals surface area contributed by atoms with Crippen LogP contribution in [-0.4, -0.2) is 42.2 Å². The third-order valence-corrected chi connectivity index (χ3v) is 4.05. The van der Waals surface area contributed by atoms with E-state index in [1.165, 1.54) is 4.90 Å². The Morgan fingerprint density at radius 1 is 1.43 bits per heavy atom. The SMILES string of the molecule is COc1c(CNC(=O)N2CCC(C(=O)O)C2)oc2ccccc12. The number of hydrogen-bond acceptors (Lipinski definition) is 4. The van der Waals surface area contributed by atoms with E-state index in [1.807, 2.05) is 24.3 Å². The Balaban J connectivity index is 1.67. The number of para-hydroxylation sites is 1. The molecular weight excluding hydrogens is 300 g/mol. The van der Waals surface area contributed by atoms with Crippen LogP contribution in [0.5, 0.6) is 5.75 Å². The van der Waals surface area contributed by atoms with Gasteiger partial charge in [-0.3, -0.25) is 4.79 Å². The van der Waals surface area contributed by atoms with Gasteiger partial charge in [-0.05, 0) is 18.6 Å². The van der Waals surface area contributed by atoms with Gasteiger partial charge < -0.3 is 24.5 Å². The first-order valence-corrected chi connectivity index (χ1v) is 7.40. The van der Waals surface area contributed by atoms with Crippen molar-refractivity contribution in [3.63, 3.8) is 0 Å². The molecule has 0 aliphatic carbocycles. The summed E-state index contributed by atoms with van der Waals surface area (Å²) in [5.74, 6) is -0.206. The molecule has 1 aromatic heterocycles. The lowest BCUT2D eigenvalue weighted by Crippen LogP contribution is -2.38. The summed E-state index contributed by atoms with van der Waals surface area (Å²) < 4.78 is 11.1. The van der Waals surface area contributed by atoms with Gasteiger partial charge in [-0.15, -0.1) is 0 Å². The van der Waals surface area contributed by atoms with Crippen LogP contribution in [0, 0.1) is 5.92 Å². The summed E-state index contributed by atoms with van der Waals surface area (Å²) in [6.45, 7) is 0.865. The van der Waals surface area contributed by atoms with E-state index in [9.17, 15) is 9.59 Å². The number of hydrogen-bond donors (Lipinski definition) is 2. The predicted molar refractivity (Wildman–Crippen MR) is 82.3 cm³/mol. The number of benzene rings is 1. The zero-order valence-corrected chi connectivity index (χ0v) is 12.7. The molecule has 7 heteroatoms. The minimum Gasteiger partial charge on any atom is -0.492 e. The zero-order valence-electron chi connectivity index (χ0n) is 12.7. The van der Waals surface area contributed by atoms with Crippen molar-refractivity contribution in [1.82, 2.24) is 10.2 Å². The van der Waals surface area contributed by atoms with Crippen LogP contribution < -0.4 is 10.1 Å². The number of urea groups is 1. The average Bonchev–Trinajstić information content (AvgIpc) is 3.16. The van der Waals surface area contributed by atoms with Crippen LogP contribution in [0.2, 0.25) is 0 Å². The molecule has 3 rings (SSSR count). The predicted octanol–water partition coefficient (Wildman–Crippen LogP) is 2.06. The van der Waals surface area contributed by atoms with Crippen LogP contribution in [0.1, 0.15) is 12.2 Å². The molecule has 23 heavy (non-hydrogen) atoms. The number of carboxylic acid groups (broad SMARTS) is 1. The van der Waals surface area contributed by atoms with Crippen molar-refractivity contribution in [3.8, 4) is 5.75 Å². The molecule has 2 N–H and O–H groups in total. The Kier molecular flexibility index (Phi) is 4.10. The molecule has 1 saturated heterocycles. The van der Waals surface area contributed by atoms with Crippen molar-refractivity contribution in [2.45, 2.75) is 13.0 Å². The molecule has 0 radical (unpaired) electrons. The monoisotopic (exact) mass is 318 g/mol. The van der Waals surface area contributed by atoms with E-state index in [-0.39, 0.29) is 19.1 Å². The summed E-state index contributed by atoms with van der Waals surface area (Å²) in [5, 5.41) is 12.6. The van der Waals surface area contributed by atoms with Crippen molar-refractivity contribution in [2.75, 3.05) is 20.2 Å². The van der Waals surface area contributed by atoms with Crippen molar-refractivity contribution >= 4 is 23.0 Å². The molecule has 2 heterocycles. The lowest BCUT2D eigenvalue weighted by atomic mass is 10.1. The minimum absolute atomic E-state index is 0.185. The molecule has 2 aromatic rings. The number of rotatable bonds is 4. The van der Waals surface area contributed by atoms with Crippen molar-refractivity contribution in [2.24, 2.45) is 5.92 Å². The topological polar surface area (TPSA) is 92.0 Å². The number of carbonyl (C=O) groups is 2. The molecule has 1 aliphatic heterocycles. The van der Waals surface area contributed by atoms with Gasteiger partial charge in [0.15, 0.2) is 11.5 Å². The maximum Gasteiger partial charge on any atom is 0.317 e. The normalized spacial score (nSPS) is 17.4. The highest BCUT2D eigenvalue weighted by Gasteiger charge is 2.31. The second kappa shape index (κ2) is 6.20. The summed E-state index contributed by atoms with van der Waals surface area (Å²) in [5.41, 5.74) is 0.695. The summed E-state index contributed by atoms with van der Waals surface area (Å²) in [7, 11) is 1.56. The second-order valence-corrected chi connectivity index (χ2v) is 5.48. The van der Waals surface area contributed by atoms with Crippen LogP contribution >= 0.6 is 0 Å². The van der Waals surface area contributed by atoms with Gasteiger partial charge in [0.25, 0.3) is 0 Å². The molecule has 7 nitrogen and oxygen atoms in total. The lowest BCUT2D eigenvalue weighted by Gasteiger charge is -2.16. The minimum atomic E-state index is -0.862. The number of amides is 2. The highest BCUT2D eigenvalue weighted by atomic mass is 16.5. The first-order valence-electron chi connectivity index (χ1n) is 7.40. The highest BCUT2D eigenvalue weighted by molar-refractivity contribution is 5.85. The van der Waals surface area contributed by atoms with Crippen LogP contribution in [0.15, 0.2) is 28.7 Å². The summed E-state index contributed by atoms with van der Waals surface area (Å²) in [6.07, 6.45) is 0.483. The van der Waals surface area contributed by atoms with Crippen molar-refractivity contribution < 1.29 is 23.8 Å². The van der Waals surface area contributed by atoms with Gasteiger partial charge in [0, 0.05) is 13.1 Å². The Labute approximate surface area is 132 Å². The number of ether oxygens (including phenoxy) is 1. The van der Waals surface area contributed by atoms with Gasteiger partial charge >= 0.3 is 12.0 Å². The Bertz CT molecular complexity index is 739. The Morgan fingerprint density at radius 2 is 2.22 bits per heavy atom. The maximum absolute atomic E-state index is 12.1. The van der Waals surface area contributed by atoms with E-state index < -0.39 is 11.9 Å². The zero-order chi connectivity index (χ0) is 16.4. The standard InChI is InChI=1S/C16H18N2O5/c1-22-14-11-4-2-3-5-12(11)23-13(14)8-17-16(21)18-7-6-10(9-18)15(19)20/h2-5,10H,6-9H2,1H3,(H,17,21)(H,19,20). The molecule has 0 saturated carbocycles. The highest BCUT2D eigenvalue weighted by Crippen LogP contribution is 2.32.